The molecule has 6 heteroatoms. The lowest BCUT2D eigenvalue weighted by Crippen LogP contribution is -2.07. The highest BCUT2D eigenvalue weighted by Crippen LogP contribution is 2.35. The number of benzene rings is 2. The van der Waals surface area contributed by atoms with Crippen LogP contribution in [0.4, 0.5) is 0 Å². The molecule has 0 saturated heterocycles. The van der Waals surface area contributed by atoms with Crippen molar-refractivity contribution in [2.75, 3.05) is 6.26 Å². The largest absolute Gasteiger partial charge is 0.466 e. The van der Waals surface area contributed by atoms with E-state index in [4.69, 9.17) is 8.83 Å². The molecule has 2 aromatic carbocycles. The molecule has 4 rings (SSSR count). The van der Waals surface area contributed by atoms with Crippen LogP contribution in [-0.4, -0.2) is 14.7 Å². The van der Waals surface area contributed by atoms with Crippen molar-refractivity contribution in [1.29, 1.82) is 0 Å². The minimum atomic E-state index is -3.32. The van der Waals surface area contributed by atoms with Gasteiger partial charge in [-0.05, 0) is 56.3 Å². The Morgan fingerprint density at radius 2 is 1.57 bits per heavy atom. The molecule has 2 heterocycles. The van der Waals surface area contributed by atoms with Gasteiger partial charge in [-0.25, -0.2) is 8.42 Å². The topological polar surface area (TPSA) is 77.5 Å². The quantitative estimate of drug-likeness (QED) is 0.501. The smallest absolute Gasteiger partial charge is 0.201 e. The number of furan rings is 1. The Bertz CT molecular complexity index is 1360. The number of sulfone groups is 1. The van der Waals surface area contributed by atoms with Crippen LogP contribution in [0.25, 0.3) is 33.4 Å². The molecule has 0 radical (unpaired) electrons. The summed E-state index contributed by atoms with van der Waals surface area (Å²) in [5.74, 6) is 1.69. The van der Waals surface area contributed by atoms with Gasteiger partial charge < -0.3 is 8.83 Å². The maximum atomic E-state index is 13.3. The Labute approximate surface area is 162 Å². The molecule has 0 spiro atoms. The van der Waals surface area contributed by atoms with Crippen molar-refractivity contribution in [3.63, 3.8) is 0 Å². The van der Waals surface area contributed by atoms with Crippen molar-refractivity contribution in [2.24, 2.45) is 0 Å². The molecule has 142 valence electrons. The van der Waals surface area contributed by atoms with E-state index in [1.165, 1.54) is 12.1 Å². The van der Waals surface area contributed by atoms with Gasteiger partial charge in [-0.15, -0.1) is 0 Å². The lowest BCUT2D eigenvalue weighted by molar-refractivity contribution is 0.505. The minimum Gasteiger partial charge on any atom is -0.466 e. The Balaban J connectivity index is 2.06. The van der Waals surface area contributed by atoms with Gasteiger partial charge in [-0.3, -0.25) is 4.79 Å². The fourth-order valence-electron chi connectivity index (χ4n) is 3.32. The molecule has 0 N–H and O–H groups in total. The van der Waals surface area contributed by atoms with Crippen molar-refractivity contribution in [2.45, 2.75) is 18.7 Å². The molecule has 0 atom stereocenters. The van der Waals surface area contributed by atoms with Crippen molar-refractivity contribution < 1.29 is 17.3 Å². The van der Waals surface area contributed by atoms with Gasteiger partial charge in [0.15, 0.2) is 9.84 Å². The number of para-hydroxylation sites is 1. The standard InChI is InChI=1S/C22H18O5S/c1-13-12-18(14(2)26-13)20-21(23)17-6-4-5-7-19(17)27-22(20)15-8-10-16(11-9-15)28(3,24)25/h4-12H,1-3H3. The van der Waals surface area contributed by atoms with Gasteiger partial charge in [0.25, 0.3) is 0 Å². The second-order valence-corrected chi connectivity index (χ2v) is 8.77. The molecule has 0 aliphatic heterocycles. The third kappa shape index (κ3) is 3.05. The molecule has 5 nitrogen and oxygen atoms in total. The predicted octanol–water partition coefficient (Wildman–Crippen LogP) is 4.74. The van der Waals surface area contributed by atoms with E-state index in [1.807, 2.05) is 13.0 Å². The van der Waals surface area contributed by atoms with E-state index >= 15 is 0 Å². The lowest BCUT2D eigenvalue weighted by Gasteiger charge is -2.10. The molecule has 0 fully saturated rings. The van der Waals surface area contributed by atoms with E-state index in [1.54, 1.807) is 43.3 Å². The van der Waals surface area contributed by atoms with Crippen LogP contribution < -0.4 is 5.43 Å². The Kier molecular flexibility index (Phi) is 4.23. The molecular weight excluding hydrogens is 376 g/mol. The third-order valence-corrected chi connectivity index (χ3v) is 5.78. The molecule has 0 saturated carbocycles. The van der Waals surface area contributed by atoms with Crippen molar-refractivity contribution in [3.05, 3.63) is 76.3 Å². The summed E-state index contributed by atoms with van der Waals surface area (Å²) in [6.45, 7) is 3.62. The molecule has 0 bridgehead atoms. The first-order chi connectivity index (χ1) is 13.3. The van der Waals surface area contributed by atoms with Crippen LogP contribution in [0.15, 0.2) is 73.1 Å². The van der Waals surface area contributed by atoms with Crippen LogP contribution >= 0.6 is 0 Å². The summed E-state index contributed by atoms with van der Waals surface area (Å²) >= 11 is 0. The second-order valence-electron chi connectivity index (χ2n) is 6.75. The van der Waals surface area contributed by atoms with E-state index in [9.17, 15) is 13.2 Å². The molecule has 28 heavy (non-hydrogen) atoms. The monoisotopic (exact) mass is 394 g/mol. The number of hydrogen-bond acceptors (Lipinski definition) is 5. The fraction of sp³-hybridized carbons (Fsp3) is 0.136. The van der Waals surface area contributed by atoms with Gasteiger partial charge in [0.1, 0.15) is 22.9 Å². The van der Waals surface area contributed by atoms with Gasteiger partial charge in [-0.2, -0.15) is 0 Å². The average molecular weight is 394 g/mol. The molecule has 0 aliphatic rings. The summed E-state index contributed by atoms with van der Waals surface area (Å²) in [5.41, 5.74) is 1.99. The highest BCUT2D eigenvalue weighted by atomic mass is 32.2. The maximum absolute atomic E-state index is 13.3. The first-order valence-electron chi connectivity index (χ1n) is 8.69. The molecule has 0 amide bonds. The normalized spacial score (nSPS) is 11.8. The number of hydrogen-bond donors (Lipinski definition) is 0. The average Bonchev–Trinajstić information content (AvgIpc) is 2.99. The van der Waals surface area contributed by atoms with E-state index < -0.39 is 9.84 Å². The van der Waals surface area contributed by atoms with Crippen LogP contribution in [-0.2, 0) is 9.84 Å². The summed E-state index contributed by atoms with van der Waals surface area (Å²) in [6.07, 6.45) is 1.15. The van der Waals surface area contributed by atoms with Crippen molar-refractivity contribution in [1.82, 2.24) is 0 Å². The fourth-order valence-corrected chi connectivity index (χ4v) is 3.95. The molecule has 2 aromatic heterocycles. The zero-order valence-electron chi connectivity index (χ0n) is 15.6. The van der Waals surface area contributed by atoms with Gasteiger partial charge in [-0.1, -0.05) is 12.1 Å². The maximum Gasteiger partial charge on any atom is 0.201 e. The lowest BCUT2D eigenvalue weighted by atomic mass is 9.98. The van der Waals surface area contributed by atoms with Crippen LogP contribution in [0.2, 0.25) is 0 Å². The van der Waals surface area contributed by atoms with Crippen LogP contribution in [0.1, 0.15) is 11.5 Å². The number of aryl methyl sites for hydroxylation is 2. The van der Waals surface area contributed by atoms with E-state index in [0.29, 0.717) is 44.9 Å². The van der Waals surface area contributed by atoms with Crippen LogP contribution in [0.3, 0.4) is 0 Å². The SMILES string of the molecule is Cc1cc(-c2c(-c3ccc(S(C)(=O)=O)cc3)oc3ccccc3c2=O)c(C)o1. The highest BCUT2D eigenvalue weighted by Gasteiger charge is 2.21. The van der Waals surface area contributed by atoms with E-state index in [2.05, 4.69) is 0 Å². The van der Waals surface area contributed by atoms with Crippen molar-refractivity contribution >= 4 is 20.8 Å². The zero-order chi connectivity index (χ0) is 20.1. The van der Waals surface area contributed by atoms with Gasteiger partial charge in [0.2, 0.25) is 5.43 Å². The molecule has 0 aliphatic carbocycles. The molecule has 4 aromatic rings. The summed E-state index contributed by atoms with van der Waals surface area (Å²) in [5, 5.41) is 0.479. The first-order valence-corrected chi connectivity index (χ1v) is 10.6. The molecular formula is C22H18O5S. The summed E-state index contributed by atoms with van der Waals surface area (Å²) in [4.78, 5) is 13.5. The zero-order valence-corrected chi connectivity index (χ0v) is 16.5. The van der Waals surface area contributed by atoms with Gasteiger partial charge in [0, 0.05) is 17.4 Å². The van der Waals surface area contributed by atoms with E-state index in [-0.39, 0.29) is 10.3 Å². The minimum absolute atomic E-state index is 0.159. The van der Waals surface area contributed by atoms with Gasteiger partial charge in [0.05, 0.1) is 15.8 Å². The molecule has 0 unspecified atom stereocenters. The number of rotatable bonds is 3. The predicted molar refractivity (Wildman–Crippen MR) is 108 cm³/mol. The Morgan fingerprint density at radius 1 is 0.893 bits per heavy atom. The van der Waals surface area contributed by atoms with Crippen LogP contribution in [0.5, 0.6) is 0 Å². The summed E-state index contributed by atoms with van der Waals surface area (Å²) in [6, 6.07) is 15.2. The van der Waals surface area contributed by atoms with E-state index in [0.717, 1.165) is 6.26 Å². The number of fused-ring (bicyclic) bond motifs is 1. The Hall–Kier alpha value is -3.12. The summed E-state index contributed by atoms with van der Waals surface area (Å²) in [7, 11) is -3.32. The van der Waals surface area contributed by atoms with Crippen LogP contribution in [0, 0.1) is 13.8 Å². The van der Waals surface area contributed by atoms with Crippen molar-refractivity contribution in [3.8, 4) is 22.5 Å². The second kappa shape index (κ2) is 6.49. The highest BCUT2D eigenvalue weighted by molar-refractivity contribution is 7.90. The first kappa shape index (κ1) is 18.3. The third-order valence-electron chi connectivity index (χ3n) is 4.65. The summed E-state index contributed by atoms with van der Waals surface area (Å²) < 4.78 is 35.3. The Morgan fingerprint density at radius 3 is 2.18 bits per heavy atom. The van der Waals surface area contributed by atoms with Gasteiger partial charge >= 0.3 is 0 Å².